The van der Waals surface area contributed by atoms with Crippen LogP contribution in [0.2, 0.25) is 0 Å². The van der Waals surface area contributed by atoms with Crippen LogP contribution in [0.5, 0.6) is 0 Å². The zero-order chi connectivity index (χ0) is 33.8. The molecule has 0 aromatic heterocycles. The van der Waals surface area contributed by atoms with Crippen molar-refractivity contribution in [3.05, 3.63) is 0 Å². The van der Waals surface area contributed by atoms with E-state index in [1.807, 2.05) is 6.92 Å². The Morgan fingerprint density at radius 1 is 0.543 bits per heavy atom. The molecular weight excluding hydrogens is 586 g/mol. The van der Waals surface area contributed by atoms with Gasteiger partial charge < -0.3 is 18.9 Å². The third kappa shape index (κ3) is 21.6. The van der Waals surface area contributed by atoms with Gasteiger partial charge in [0.2, 0.25) is 0 Å². The summed E-state index contributed by atoms with van der Waals surface area (Å²) < 4.78 is 22.1. The lowest BCUT2D eigenvalue weighted by atomic mass is 9.77. The molecule has 46 heavy (non-hydrogen) atoms. The van der Waals surface area contributed by atoms with Crippen LogP contribution in [0, 0.1) is 17.8 Å². The summed E-state index contributed by atoms with van der Waals surface area (Å²) >= 11 is 0. The van der Waals surface area contributed by atoms with Gasteiger partial charge in [-0.3, -0.25) is 24.1 Å². The second-order valence-electron chi connectivity index (χ2n) is 13.2. The number of rotatable bonds is 26. The van der Waals surface area contributed by atoms with E-state index in [2.05, 4.69) is 20.8 Å². The molecule has 0 bridgehead atoms. The summed E-state index contributed by atoms with van der Waals surface area (Å²) in [6.07, 6.45) is 19.5. The van der Waals surface area contributed by atoms with Crippen molar-refractivity contribution < 1.29 is 38.1 Å². The zero-order valence-electron chi connectivity index (χ0n) is 29.8. The molecule has 1 saturated carbocycles. The number of hydrogen-bond acceptors (Lipinski definition) is 9. The van der Waals surface area contributed by atoms with Crippen LogP contribution in [-0.2, 0) is 38.1 Å². The number of nitrogens with zero attached hydrogens (tertiary/aromatic N) is 1. The van der Waals surface area contributed by atoms with Crippen LogP contribution in [0.1, 0.15) is 150 Å². The Morgan fingerprint density at radius 2 is 1.02 bits per heavy atom. The summed E-state index contributed by atoms with van der Waals surface area (Å²) in [6, 6.07) is 0. The van der Waals surface area contributed by atoms with Crippen molar-refractivity contribution in [3.8, 4) is 0 Å². The van der Waals surface area contributed by atoms with Crippen molar-refractivity contribution >= 4 is 23.9 Å². The fourth-order valence-corrected chi connectivity index (χ4v) is 6.19. The molecule has 0 aliphatic heterocycles. The van der Waals surface area contributed by atoms with Gasteiger partial charge in [-0.15, -0.1) is 0 Å². The molecule has 1 aliphatic carbocycles. The molecule has 1 unspecified atom stereocenters. The zero-order valence-corrected chi connectivity index (χ0v) is 29.8. The highest BCUT2D eigenvalue weighted by molar-refractivity contribution is 5.78. The van der Waals surface area contributed by atoms with Gasteiger partial charge >= 0.3 is 23.9 Å². The van der Waals surface area contributed by atoms with Gasteiger partial charge in [0.25, 0.3) is 0 Å². The van der Waals surface area contributed by atoms with Gasteiger partial charge in [0.1, 0.15) is 0 Å². The van der Waals surface area contributed by atoms with Gasteiger partial charge in [-0.2, -0.15) is 0 Å². The van der Waals surface area contributed by atoms with Gasteiger partial charge in [-0.1, -0.05) is 111 Å². The molecule has 1 fully saturated rings. The topological polar surface area (TPSA) is 108 Å². The van der Waals surface area contributed by atoms with E-state index in [1.165, 1.54) is 43.4 Å². The third-order valence-corrected chi connectivity index (χ3v) is 9.07. The predicted octanol–water partition coefficient (Wildman–Crippen LogP) is 7.81. The maximum atomic E-state index is 13.0. The van der Waals surface area contributed by atoms with Crippen LogP contribution in [0.4, 0.5) is 0 Å². The normalized spacial score (nSPS) is 18.4. The van der Waals surface area contributed by atoms with Crippen LogP contribution >= 0.6 is 0 Å². The number of esters is 4. The highest BCUT2D eigenvalue weighted by atomic mass is 16.5. The molecule has 1 rings (SSSR count). The van der Waals surface area contributed by atoms with E-state index < -0.39 is 17.9 Å². The maximum Gasteiger partial charge on any atom is 0.320 e. The van der Waals surface area contributed by atoms with E-state index in [9.17, 15) is 19.2 Å². The molecule has 9 nitrogen and oxygen atoms in total. The SMILES string of the molecule is CCCCCCCCOC(=O)CN(CC(=O)OCCCCCCCC)CC(=O)OC[C@H]1CCCC[C@@H](COC(=O)CC)C(CC)C1. The van der Waals surface area contributed by atoms with Crippen molar-refractivity contribution in [2.75, 3.05) is 46.1 Å². The Kier molecular flexibility index (Phi) is 25.4. The maximum absolute atomic E-state index is 13.0. The Bertz CT molecular complexity index is 787. The van der Waals surface area contributed by atoms with Crippen LogP contribution in [-0.4, -0.2) is 74.8 Å². The lowest BCUT2D eigenvalue weighted by molar-refractivity contribution is -0.153. The lowest BCUT2D eigenvalue weighted by Crippen LogP contribution is -2.40. The number of ether oxygens (including phenoxy) is 4. The van der Waals surface area contributed by atoms with E-state index in [-0.39, 0.29) is 31.5 Å². The molecule has 268 valence electrons. The molecule has 0 radical (unpaired) electrons. The minimum Gasteiger partial charge on any atom is -0.465 e. The summed E-state index contributed by atoms with van der Waals surface area (Å²) in [5, 5.41) is 0. The average Bonchev–Trinajstić information content (AvgIpc) is 3.03. The highest BCUT2D eigenvalue weighted by Gasteiger charge is 2.28. The summed E-state index contributed by atoms with van der Waals surface area (Å²) in [5.74, 6) is -0.597. The average molecular weight is 654 g/mol. The van der Waals surface area contributed by atoms with Crippen molar-refractivity contribution in [2.45, 2.75) is 150 Å². The Labute approximate surface area is 280 Å². The van der Waals surface area contributed by atoms with Gasteiger partial charge in [-0.05, 0) is 49.9 Å². The molecule has 0 N–H and O–H groups in total. The van der Waals surface area contributed by atoms with Crippen molar-refractivity contribution in [3.63, 3.8) is 0 Å². The van der Waals surface area contributed by atoms with Crippen molar-refractivity contribution in [1.29, 1.82) is 0 Å². The lowest BCUT2D eigenvalue weighted by Gasteiger charge is -2.32. The number of unbranched alkanes of at least 4 members (excludes halogenated alkanes) is 10. The number of carbonyl (C=O) groups excluding carboxylic acids is 4. The fraction of sp³-hybridized carbons (Fsp3) is 0.892. The van der Waals surface area contributed by atoms with E-state index >= 15 is 0 Å². The van der Waals surface area contributed by atoms with E-state index in [4.69, 9.17) is 18.9 Å². The minimum atomic E-state index is -0.462. The Hall–Kier alpha value is -2.16. The molecule has 0 heterocycles. The molecule has 0 spiro atoms. The van der Waals surface area contributed by atoms with Crippen LogP contribution in [0.3, 0.4) is 0 Å². The number of carbonyl (C=O) groups is 4. The van der Waals surface area contributed by atoms with Crippen LogP contribution in [0.25, 0.3) is 0 Å². The van der Waals surface area contributed by atoms with Crippen molar-refractivity contribution in [1.82, 2.24) is 4.90 Å². The molecular formula is C37H67NO8. The Morgan fingerprint density at radius 3 is 1.54 bits per heavy atom. The standard InChI is InChI=1S/C37H67NO8/c1-5-9-11-13-15-19-23-43-35(40)26-38(27-36(41)44-24-20-16-14-12-10-6-2)28-37(42)45-29-31-21-17-18-22-33(32(7-3)25-31)30-46-34(39)8-4/h31-33H,5-30H2,1-4H3/t31-,32?,33-/m0/s1. The first-order valence-corrected chi connectivity index (χ1v) is 18.7. The predicted molar refractivity (Wildman–Crippen MR) is 181 cm³/mol. The first-order valence-electron chi connectivity index (χ1n) is 18.7. The summed E-state index contributed by atoms with van der Waals surface area (Å²) in [7, 11) is 0. The monoisotopic (exact) mass is 653 g/mol. The van der Waals surface area contributed by atoms with Gasteiger partial charge in [-0.25, -0.2) is 0 Å². The van der Waals surface area contributed by atoms with Crippen molar-refractivity contribution in [2.24, 2.45) is 17.8 Å². The highest BCUT2D eigenvalue weighted by Crippen LogP contribution is 2.33. The fourth-order valence-electron chi connectivity index (χ4n) is 6.19. The summed E-state index contributed by atoms with van der Waals surface area (Å²) in [5.41, 5.74) is 0. The van der Waals surface area contributed by atoms with E-state index in [1.54, 1.807) is 0 Å². The largest absolute Gasteiger partial charge is 0.465 e. The van der Waals surface area contributed by atoms with Gasteiger partial charge in [0, 0.05) is 6.42 Å². The first-order chi connectivity index (χ1) is 22.3. The Balaban J connectivity index is 2.63. The number of hydrogen-bond donors (Lipinski definition) is 0. The molecule has 1 aliphatic rings. The van der Waals surface area contributed by atoms with E-state index in [0.717, 1.165) is 77.0 Å². The van der Waals surface area contributed by atoms with E-state index in [0.29, 0.717) is 44.7 Å². The quantitative estimate of drug-likeness (QED) is 0.0524. The van der Waals surface area contributed by atoms with Gasteiger partial charge in [0.15, 0.2) is 0 Å². The third-order valence-electron chi connectivity index (χ3n) is 9.07. The van der Waals surface area contributed by atoms with Gasteiger partial charge in [0.05, 0.1) is 46.1 Å². The summed E-state index contributed by atoms with van der Waals surface area (Å²) in [4.78, 5) is 51.5. The molecule has 3 atom stereocenters. The second kappa shape index (κ2) is 27.9. The van der Waals surface area contributed by atoms with Crippen LogP contribution in [0.15, 0.2) is 0 Å². The first kappa shape index (κ1) is 41.9. The molecule has 9 heteroatoms. The molecule has 0 amide bonds. The second-order valence-corrected chi connectivity index (χ2v) is 13.2. The molecule has 0 saturated heterocycles. The van der Waals surface area contributed by atoms with Crippen LogP contribution < -0.4 is 0 Å². The molecule has 0 aromatic rings. The smallest absolute Gasteiger partial charge is 0.320 e. The summed E-state index contributed by atoms with van der Waals surface area (Å²) in [6.45, 7) is 9.24. The molecule has 0 aromatic carbocycles. The minimum absolute atomic E-state index is 0.162.